The number of amides is 1. The smallest absolute Gasteiger partial charge is 0.413 e. The van der Waals surface area contributed by atoms with Crippen molar-refractivity contribution in [2.24, 2.45) is 0 Å². The summed E-state index contributed by atoms with van der Waals surface area (Å²) in [5, 5.41) is 5.41. The topological polar surface area (TPSA) is 103 Å². The molecule has 8 nitrogen and oxygen atoms in total. The molecule has 3 heterocycles. The third kappa shape index (κ3) is 4.30. The van der Waals surface area contributed by atoms with Gasteiger partial charge in [-0.15, -0.1) is 11.3 Å². The molecule has 0 unspecified atom stereocenters. The van der Waals surface area contributed by atoms with Crippen LogP contribution < -0.4 is 5.32 Å². The minimum Gasteiger partial charge on any atom is -0.444 e. The lowest BCUT2D eigenvalue weighted by molar-refractivity contribution is 0.0636. The molecule has 0 saturated heterocycles. The molecule has 160 valence electrons. The zero-order valence-corrected chi connectivity index (χ0v) is 18.7. The van der Waals surface area contributed by atoms with E-state index in [1.807, 2.05) is 0 Å². The largest absolute Gasteiger partial charge is 0.444 e. The van der Waals surface area contributed by atoms with Gasteiger partial charge in [0.25, 0.3) is 10.0 Å². The Hall–Kier alpha value is -3.24. The van der Waals surface area contributed by atoms with Crippen molar-refractivity contribution < 1.29 is 17.9 Å². The van der Waals surface area contributed by atoms with Crippen LogP contribution >= 0.6 is 11.3 Å². The number of nitrogens with zero attached hydrogens (tertiary/aromatic N) is 3. The van der Waals surface area contributed by atoms with Gasteiger partial charge in [0.05, 0.1) is 10.6 Å². The number of carbonyl (C=O) groups excluding carboxylic acids is 1. The number of benzene rings is 1. The third-order valence-electron chi connectivity index (χ3n) is 4.24. The number of hydrogen-bond donors (Lipinski definition) is 1. The summed E-state index contributed by atoms with van der Waals surface area (Å²) in [5.41, 5.74) is 0.990. The maximum atomic E-state index is 13.0. The molecule has 4 rings (SSSR count). The SMILES string of the molecule is CC(C)(C)OC(=O)Nc1nc(-c2ccnc3c2ccn3S(=O)(=O)c2ccccc2)cs1. The fraction of sp³-hybridized carbons (Fsp3) is 0.190. The number of anilines is 1. The molecule has 0 bridgehead atoms. The normalized spacial score (nSPS) is 12.1. The van der Waals surface area contributed by atoms with E-state index in [1.165, 1.54) is 23.7 Å². The van der Waals surface area contributed by atoms with Gasteiger partial charge in [-0.3, -0.25) is 5.32 Å². The Kier molecular flexibility index (Phi) is 5.28. The van der Waals surface area contributed by atoms with Gasteiger partial charge in [-0.2, -0.15) is 0 Å². The monoisotopic (exact) mass is 456 g/mol. The molecule has 0 aliphatic heterocycles. The lowest BCUT2D eigenvalue weighted by Crippen LogP contribution is -2.27. The molecule has 1 amide bonds. The van der Waals surface area contributed by atoms with Crippen LogP contribution in [0.1, 0.15) is 20.8 Å². The van der Waals surface area contributed by atoms with Gasteiger partial charge >= 0.3 is 6.09 Å². The standard InChI is InChI=1S/C21H20N4O4S2/c1-21(2,3)29-20(26)24-19-23-17(13-30-19)15-9-11-22-18-16(15)10-12-25(18)31(27,28)14-7-5-4-6-8-14/h4-13H,1-3H3,(H,23,24,26). The highest BCUT2D eigenvalue weighted by Gasteiger charge is 2.22. The number of fused-ring (bicyclic) bond motifs is 1. The molecule has 31 heavy (non-hydrogen) atoms. The van der Waals surface area contributed by atoms with Crippen LogP contribution in [0.5, 0.6) is 0 Å². The van der Waals surface area contributed by atoms with Crippen LogP contribution in [0.15, 0.2) is 65.1 Å². The highest BCUT2D eigenvalue weighted by Crippen LogP contribution is 2.32. The molecule has 0 saturated carbocycles. The van der Waals surface area contributed by atoms with Crippen LogP contribution in [0.2, 0.25) is 0 Å². The summed E-state index contributed by atoms with van der Waals surface area (Å²) in [6.45, 7) is 5.34. The predicted octanol–water partition coefficient (Wildman–Crippen LogP) is 4.74. The van der Waals surface area contributed by atoms with E-state index in [4.69, 9.17) is 4.74 Å². The second-order valence-electron chi connectivity index (χ2n) is 7.69. The fourth-order valence-corrected chi connectivity index (χ4v) is 5.00. The van der Waals surface area contributed by atoms with Crippen molar-refractivity contribution in [2.45, 2.75) is 31.3 Å². The number of thiazole rings is 1. The minimum atomic E-state index is -3.79. The summed E-state index contributed by atoms with van der Waals surface area (Å²) >= 11 is 1.25. The number of rotatable bonds is 4. The summed E-state index contributed by atoms with van der Waals surface area (Å²) in [6.07, 6.45) is 2.43. The number of aromatic nitrogens is 3. The van der Waals surface area contributed by atoms with Gasteiger partial charge in [-0.05, 0) is 45.0 Å². The molecule has 0 aliphatic rings. The zero-order valence-electron chi connectivity index (χ0n) is 17.1. The van der Waals surface area contributed by atoms with E-state index >= 15 is 0 Å². The average molecular weight is 457 g/mol. The average Bonchev–Trinajstić information content (AvgIpc) is 3.34. The van der Waals surface area contributed by atoms with Crippen molar-refractivity contribution in [3.05, 3.63) is 60.2 Å². The Labute approximate surface area is 183 Å². The molecule has 0 aliphatic carbocycles. The van der Waals surface area contributed by atoms with Crippen LogP contribution in [-0.4, -0.2) is 34.1 Å². The molecule has 0 fully saturated rings. The van der Waals surface area contributed by atoms with Crippen molar-refractivity contribution in [1.29, 1.82) is 0 Å². The third-order valence-corrected chi connectivity index (χ3v) is 6.68. The van der Waals surface area contributed by atoms with E-state index < -0.39 is 21.7 Å². The number of hydrogen-bond acceptors (Lipinski definition) is 7. The highest BCUT2D eigenvalue weighted by molar-refractivity contribution is 7.90. The zero-order chi connectivity index (χ0) is 22.2. The predicted molar refractivity (Wildman–Crippen MR) is 120 cm³/mol. The minimum absolute atomic E-state index is 0.178. The summed E-state index contributed by atoms with van der Waals surface area (Å²) < 4.78 is 32.5. The Morgan fingerprint density at radius 1 is 1.13 bits per heavy atom. The van der Waals surface area contributed by atoms with E-state index in [9.17, 15) is 13.2 Å². The summed E-state index contributed by atoms with van der Waals surface area (Å²) in [4.78, 5) is 20.9. The molecular weight excluding hydrogens is 436 g/mol. The first-order valence-corrected chi connectivity index (χ1v) is 11.7. The molecule has 4 aromatic rings. The maximum absolute atomic E-state index is 13.0. The number of nitrogens with one attached hydrogen (secondary N) is 1. The van der Waals surface area contributed by atoms with Crippen LogP contribution in [0, 0.1) is 0 Å². The van der Waals surface area contributed by atoms with Gasteiger partial charge < -0.3 is 4.74 Å². The highest BCUT2D eigenvalue weighted by atomic mass is 32.2. The van der Waals surface area contributed by atoms with Crippen molar-refractivity contribution in [3.8, 4) is 11.3 Å². The number of ether oxygens (including phenoxy) is 1. The van der Waals surface area contributed by atoms with Gasteiger partial charge in [0, 0.05) is 28.7 Å². The van der Waals surface area contributed by atoms with Gasteiger partial charge in [-0.25, -0.2) is 27.2 Å². The molecule has 1 aromatic carbocycles. The summed E-state index contributed by atoms with van der Waals surface area (Å²) in [6, 6.07) is 11.6. The van der Waals surface area contributed by atoms with Gasteiger partial charge in [0.2, 0.25) is 0 Å². The van der Waals surface area contributed by atoms with Crippen molar-refractivity contribution in [1.82, 2.24) is 13.9 Å². The quantitative estimate of drug-likeness (QED) is 0.476. The summed E-state index contributed by atoms with van der Waals surface area (Å²) in [7, 11) is -3.79. The lowest BCUT2D eigenvalue weighted by atomic mass is 10.1. The second kappa shape index (κ2) is 7.78. The Morgan fingerprint density at radius 3 is 2.58 bits per heavy atom. The first-order chi connectivity index (χ1) is 14.6. The number of carbonyl (C=O) groups is 1. The Morgan fingerprint density at radius 2 is 1.87 bits per heavy atom. The van der Waals surface area contributed by atoms with Crippen molar-refractivity contribution >= 4 is 43.6 Å². The van der Waals surface area contributed by atoms with E-state index in [1.54, 1.807) is 68.6 Å². The van der Waals surface area contributed by atoms with E-state index in [2.05, 4.69) is 15.3 Å². The fourth-order valence-electron chi connectivity index (χ4n) is 2.98. The van der Waals surface area contributed by atoms with Crippen LogP contribution in [-0.2, 0) is 14.8 Å². The van der Waals surface area contributed by atoms with Crippen molar-refractivity contribution in [3.63, 3.8) is 0 Å². The van der Waals surface area contributed by atoms with Crippen LogP contribution in [0.25, 0.3) is 22.3 Å². The molecule has 0 radical (unpaired) electrons. The molecular formula is C21H20N4O4S2. The molecule has 3 aromatic heterocycles. The van der Waals surface area contributed by atoms with Gasteiger partial charge in [-0.1, -0.05) is 18.2 Å². The Balaban J connectivity index is 1.68. The lowest BCUT2D eigenvalue weighted by Gasteiger charge is -2.18. The van der Waals surface area contributed by atoms with E-state index in [-0.39, 0.29) is 4.90 Å². The molecule has 0 spiro atoms. The Bertz CT molecular complexity index is 1350. The second-order valence-corrected chi connectivity index (χ2v) is 10.4. The molecule has 10 heteroatoms. The number of pyridine rings is 1. The van der Waals surface area contributed by atoms with E-state index in [0.29, 0.717) is 27.4 Å². The first kappa shape index (κ1) is 21.0. The first-order valence-electron chi connectivity index (χ1n) is 9.38. The molecule has 0 atom stereocenters. The van der Waals surface area contributed by atoms with Gasteiger partial charge in [0.1, 0.15) is 5.60 Å². The van der Waals surface area contributed by atoms with Gasteiger partial charge in [0.15, 0.2) is 10.8 Å². The maximum Gasteiger partial charge on any atom is 0.413 e. The molecule has 1 N–H and O–H groups in total. The summed E-state index contributed by atoms with van der Waals surface area (Å²) in [5.74, 6) is 0. The van der Waals surface area contributed by atoms with Crippen LogP contribution in [0.4, 0.5) is 9.93 Å². The van der Waals surface area contributed by atoms with Crippen molar-refractivity contribution in [2.75, 3.05) is 5.32 Å². The van der Waals surface area contributed by atoms with E-state index in [0.717, 1.165) is 3.97 Å². The van der Waals surface area contributed by atoms with Crippen LogP contribution in [0.3, 0.4) is 0 Å².